The topological polar surface area (TPSA) is 113 Å². The molecule has 19 heavy (non-hydrogen) atoms. The van der Waals surface area contributed by atoms with E-state index in [1.807, 2.05) is 0 Å². The van der Waals surface area contributed by atoms with Gasteiger partial charge in [0.15, 0.2) is 5.69 Å². The second-order valence-electron chi connectivity index (χ2n) is 3.64. The number of hydrogen-bond acceptors (Lipinski definition) is 6. The number of amides is 1. The summed E-state index contributed by atoms with van der Waals surface area (Å²) in [5.41, 5.74) is 6.17. The van der Waals surface area contributed by atoms with Crippen LogP contribution in [0, 0.1) is 0 Å². The first-order valence-electron chi connectivity index (χ1n) is 5.34. The summed E-state index contributed by atoms with van der Waals surface area (Å²) in [6.45, 7) is -0.179. The minimum atomic E-state index is -0.637. The molecule has 2 aromatic heterocycles. The zero-order valence-corrected chi connectivity index (χ0v) is 10.1. The summed E-state index contributed by atoms with van der Waals surface area (Å²) in [5.74, 6) is -1.22. The lowest BCUT2D eigenvalue weighted by Crippen LogP contribution is -2.20. The molecule has 0 bridgehead atoms. The van der Waals surface area contributed by atoms with Gasteiger partial charge in [-0.25, -0.2) is 9.48 Å². The molecule has 98 valence electrons. The lowest BCUT2D eigenvalue weighted by atomic mass is 10.1. The van der Waals surface area contributed by atoms with Gasteiger partial charge in [0.25, 0.3) is 0 Å². The molecule has 8 heteroatoms. The van der Waals surface area contributed by atoms with Crippen LogP contribution in [-0.4, -0.2) is 39.0 Å². The first-order chi connectivity index (χ1) is 9.13. The summed E-state index contributed by atoms with van der Waals surface area (Å²) in [6.07, 6.45) is 3.11. The zero-order chi connectivity index (χ0) is 13.8. The molecule has 0 saturated carbocycles. The maximum Gasteiger partial charge on any atom is 0.360 e. The number of methoxy groups -OCH3 is 1. The molecule has 2 aromatic rings. The molecule has 1 amide bonds. The van der Waals surface area contributed by atoms with Crippen molar-refractivity contribution >= 4 is 11.9 Å². The van der Waals surface area contributed by atoms with Gasteiger partial charge in [0, 0.05) is 18.0 Å². The zero-order valence-electron chi connectivity index (χ0n) is 10.1. The van der Waals surface area contributed by atoms with E-state index < -0.39 is 11.9 Å². The van der Waals surface area contributed by atoms with Crippen molar-refractivity contribution in [1.82, 2.24) is 20.0 Å². The first kappa shape index (κ1) is 12.7. The molecular formula is C11H11N5O3. The van der Waals surface area contributed by atoms with Gasteiger partial charge in [-0.2, -0.15) is 0 Å². The van der Waals surface area contributed by atoms with Gasteiger partial charge in [-0.15, -0.1) is 5.10 Å². The molecule has 2 rings (SSSR count). The van der Waals surface area contributed by atoms with Crippen molar-refractivity contribution in [1.29, 1.82) is 0 Å². The summed E-state index contributed by atoms with van der Waals surface area (Å²) in [4.78, 5) is 26.5. The number of carbonyl (C=O) groups excluding carboxylic acids is 2. The van der Waals surface area contributed by atoms with E-state index >= 15 is 0 Å². The number of primary amides is 1. The van der Waals surface area contributed by atoms with Gasteiger partial charge in [0.1, 0.15) is 12.2 Å². The molecule has 2 heterocycles. The number of esters is 1. The van der Waals surface area contributed by atoms with Crippen LogP contribution in [0.1, 0.15) is 10.5 Å². The quantitative estimate of drug-likeness (QED) is 0.750. The Morgan fingerprint density at radius 1 is 1.37 bits per heavy atom. The molecule has 0 atom stereocenters. The fraction of sp³-hybridized carbons (Fsp3) is 0.182. The highest BCUT2D eigenvalue weighted by Crippen LogP contribution is 2.21. The monoisotopic (exact) mass is 261 g/mol. The molecule has 0 aliphatic carbocycles. The van der Waals surface area contributed by atoms with Gasteiger partial charge in [0.2, 0.25) is 5.91 Å². The Kier molecular flexibility index (Phi) is 3.51. The first-order valence-corrected chi connectivity index (χ1v) is 5.34. The summed E-state index contributed by atoms with van der Waals surface area (Å²) in [5, 5.41) is 7.47. The van der Waals surface area contributed by atoms with Gasteiger partial charge in [-0.05, 0) is 12.1 Å². The Balaban J connectivity index is 2.56. The summed E-state index contributed by atoms with van der Waals surface area (Å²) < 4.78 is 5.88. The second-order valence-corrected chi connectivity index (χ2v) is 3.64. The average molecular weight is 261 g/mol. The van der Waals surface area contributed by atoms with Crippen LogP contribution < -0.4 is 5.73 Å². The lowest BCUT2D eigenvalue weighted by Gasteiger charge is -2.05. The van der Waals surface area contributed by atoms with Crippen LogP contribution in [0.3, 0.4) is 0 Å². The molecular weight excluding hydrogens is 250 g/mol. The number of carbonyl (C=O) groups is 2. The third-order valence-electron chi connectivity index (χ3n) is 2.37. The van der Waals surface area contributed by atoms with E-state index in [1.165, 1.54) is 11.8 Å². The molecule has 0 spiro atoms. The molecule has 8 nitrogen and oxygen atoms in total. The van der Waals surface area contributed by atoms with Gasteiger partial charge >= 0.3 is 5.97 Å². The third-order valence-corrected chi connectivity index (χ3v) is 2.37. The minimum absolute atomic E-state index is 0.0231. The lowest BCUT2D eigenvalue weighted by molar-refractivity contribution is -0.118. The minimum Gasteiger partial charge on any atom is -0.464 e. The van der Waals surface area contributed by atoms with E-state index in [4.69, 9.17) is 5.73 Å². The maximum atomic E-state index is 11.6. The Labute approximate surface area is 108 Å². The molecule has 2 N–H and O–H groups in total. The normalized spacial score (nSPS) is 10.2. The summed E-state index contributed by atoms with van der Waals surface area (Å²) in [7, 11) is 1.24. The van der Waals surface area contributed by atoms with Gasteiger partial charge in [0.05, 0.1) is 7.11 Å². The summed E-state index contributed by atoms with van der Waals surface area (Å²) in [6, 6.07) is 3.34. The van der Waals surface area contributed by atoms with E-state index in [0.717, 1.165) is 0 Å². The van der Waals surface area contributed by atoms with Crippen LogP contribution in [0.15, 0.2) is 24.5 Å². The fourth-order valence-corrected chi connectivity index (χ4v) is 1.60. The van der Waals surface area contributed by atoms with Crippen molar-refractivity contribution in [3.05, 3.63) is 30.2 Å². The fourth-order valence-electron chi connectivity index (χ4n) is 1.60. The van der Waals surface area contributed by atoms with Crippen molar-refractivity contribution in [2.75, 3.05) is 7.11 Å². The number of ether oxygens (including phenoxy) is 1. The van der Waals surface area contributed by atoms with Crippen LogP contribution in [-0.2, 0) is 16.1 Å². The molecule has 0 unspecified atom stereocenters. The number of hydrogen-bond donors (Lipinski definition) is 1. The number of rotatable bonds is 4. The smallest absolute Gasteiger partial charge is 0.360 e. The van der Waals surface area contributed by atoms with E-state index in [0.29, 0.717) is 11.3 Å². The highest BCUT2D eigenvalue weighted by Gasteiger charge is 2.22. The number of nitrogens with two attached hydrogens (primary N) is 1. The number of nitrogens with zero attached hydrogens (tertiary/aromatic N) is 4. The van der Waals surface area contributed by atoms with Gasteiger partial charge in [-0.1, -0.05) is 5.21 Å². The maximum absolute atomic E-state index is 11.6. The Hall–Kier alpha value is -2.77. The summed E-state index contributed by atoms with van der Waals surface area (Å²) >= 11 is 0. The van der Waals surface area contributed by atoms with E-state index in [-0.39, 0.29) is 12.2 Å². The third kappa shape index (κ3) is 2.57. The SMILES string of the molecule is COC(=O)c1nnn(CC(N)=O)c1-c1ccncc1. The van der Waals surface area contributed by atoms with E-state index in [2.05, 4.69) is 20.0 Å². The second kappa shape index (κ2) is 5.25. The van der Waals surface area contributed by atoms with Crippen LogP contribution in [0.5, 0.6) is 0 Å². The highest BCUT2D eigenvalue weighted by molar-refractivity contribution is 5.94. The standard InChI is InChI=1S/C11H11N5O3/c1-19-11(18)9-10(7-2-4-13-5-3-7)16(15-14-9)6-8(12)17/h2-5H,6H2,1H3,(H2,12,17). The van der Waals surface area contributed by atoms with Crippen LogP contribution in [0.25, 0.3) is 11.3 Å². The molecule has 0 aromatic carbocycles. The van der Waals surface area contributed by atoms with Crippen molar-refractivity contribution in [3.63, 3.8) is 0 Å². The molecule has 0 saturated heterocycles. The van der Waals surface area contributed by atoms with Gasteiger partial charge in [-0.3, -0.25) is 9.78 Å². The van der Waals surface area contributed by atoms with Crippen molar-refractivity contribution in [2.45, 2.75) is 6.54 Å². The molecule has 0 aliphatic rings. The van der Waals surface area contributed by atoms with Crippen molar-refractivity contribution in [3.8, 4) is 11.3 Å². The van der Waals surface area contributed by atoms with Crippen LogP contribution in [0.2, 0.25) is 0 Å². The predicted molar refractivity (Wildman–Crippen MR) is 63.8 cm³/mol. The molecule has 0 fully saturated rings. The van der Waals surface area contributed by atoms with Crippen LogP contribution >= 0.6 is 0 Å². The van der Waals surface area contributed by atoms with Crippen LogP contribution in [0.4, 0.5) is 0 Å². The molecule has 0 aliphatic heterocycles. The number of pyridine rings is 1. The number of aromatic nitrogens is 4. The van der Waals surface area contributed by atoms with E-state index in [1.54, 1.807) is 24.5 Å². The van der Waals surface area contributed by atoms with Crippen molar-refractivity contribution < 1.29 is 14.3 Å². The predicted octanol–water partition coefficient (Wildman–Crippen LogP) is -0.388. The average Bonchev–Trinajstić information content (AvgIpc) is 2.81. The highest BCUT2D eigenvalue weighted by atomic mass is 16.5. The van der Waals surface area contributed by atoms with Gasteiger partial charge < -0.3 is 10.5 Å². The molecule has 0 radical (unpaired) electrons. The Morgan fingerprint density at radius 2 is 2.05 bits per heavy atom. The largest absolute Gasteiger partial charge is 0.464 e. The Bertz CT molecular complexity index is 608. The van der Waals surface area contributed by atoms with E-state index in [9.17, 15) is 9.59 Å². The van der Waals surface area contributed by atoms with Crippen molar-refractivity contribution in [2.24, 2.45) is 5.73 Å². The Morgan fingerprint density at radius 3 is 2.63 bits per heavy atom.